The van der Waals surface area contributed by atoms with Gasteiger partial charge in [0.05, 0.1) is 6.42 Å². The third-order valence-corrected chi connectivity index (χ3v) is 2.07. The lowest BCUT2D eigenvalue weighted by atomic mass is 10.0. The van der Waals surface area contributed by atoms with E-state index in [0.29, 0.717) is 13.0 Å². The van der Waals surface area contributed by atoms with Gasteiger partial charge in [-0.2, -0.15) is 0 Å². The molecule has 5 nitrogen and oxygen atoms in total. The number of rotatable bonds is 3. The quantitative estimate of drug-likeness (QED) is 0.574. The van der Waals surface area contributed by atoms with Crippen LogP contribution < -0.4 is 5.73 Å². The molecule has 72 valence electrons. The highest BCUT2D eigenvalue weighted by atomic mass is 16.2. The van der Waals surface area contributed by atoms with Crippen LogP contribution in [0.4, 0.5) is 0 Å². The van der Waals surface area contributed by atoms with Crippen molar-refractivity contribution in [1.29, 1.82) is 0 Å². The van der Waals surface area contributed by atoms with Crippen molar-refractivity contribution in [2.75, 3.05) is 6.54 Å². The number of hydrogen-bond acceptors (Lipinski definition) is 3. The summed E-state index contributed by atoms with van der Waals surface area (Å²) in [5.41, 5.74) is 5.04. The SMILES string of the molecule is CC(=O)CC(=O)N1CCC1C(N)=O. The Balaban J connectivity index is 2.49. The fourth-order valence-electron chi connectivity index (χ4n) is 1.30. The van der Waals surface area contributed by atoms with Gasteiger partial charge in [-0.1, -0.05) is 0 Å². The maximum atomic E-state index is 11.2. The highest BCUT2D eigenvalue weighted by Crippen LogP contribution is 2.17. The molecule has 0 aromatic rings. The lowest BCUT2D eigenvalue weighted by Crippen LogP contribution is -2.57. The number of primary amides is 1. The van der Waals surface area contributed by atoms with Crippen LogP contribution in [0.5, 0.6) is 0 Å². The highest BCUT2D eigenvalue weighted by Gasteiger charge is 2.36. The van der Waals surface area contributed by atoms with Gasteiger partial charge in [-0.05, 0) is 13.3 Å². The normalized spacial score (nSPS) is 20.7. The second-order valence-electron chi connectivity index (χ2n) is 3.17. The summed E-state index contributed by atoms with van der Waals surface area (Å²) in [6, 6.07) is -0.494. The number of ketones is 1. The molecule has 1 saturated heterocycles. The summed E-state index contributed by atoms with van der Waals surface area (Å²) in [5.74, 6) is -0.995. The van der Waals surface area contributed by atoms with Crippen LogP contribution in [0.3, 0.4) is 0 Å². The Morgan fingerprint density at radius 3 is 2.38 bits per heavy atom. The Hall–Kier alpha value is -1.39. The molecule has 1 atom stereocenters. The van der Waals surface area contributed by atoms with E-state index in [1.807, 2.05) is 0 Å². The molecule has 1 heterocycles. The van der Waals surface area contributed by atoms with Crippen LogP contribution in [0, 0.1) is 0 Å². The zero-order valence-electron chi connectivity index (χ0n) is 7.45. The average molecular weight is 184 g/mol. The van der Waals surface area contributed by atoms with E-state index in [-0.39, 0.29) is 18.1 Å². The molecule has 1 aliphatic rings. The molecule has 2 N–H and O–H groups in total. The van der Waals surface area contributed by atoms with Crippen molar-refractivity contribution in [2.45, 2.75) is 25.8 Å². The Morgan fingerprint density at radius 1 is 1.46 bits per heavy atom. The first kappa shape index (κ1) is 9.70. The van der Waals surface area contributed by atoms with E-state index in [9.17, 15) is 14.4 Å². The Morgan fingerprint density at radius 2 is 2.08 bits per heavy atom. The van der Waals surface area contributed by atoms with Gasteiger partial charge in [-0.15, -0.1) is 0 Å². The van der Waals surface area contributed by atoms with Gasteiger partial charge < -0.3 is 10.6 Å². The molecule has 0 aliphatic carbocycles. The number of nitrogens with two attached hydrogens (primary N) is 1. The number of carbonyl (C=O) groups excluding carboxylic acids is 3. The molecule has 2 amide bonds. The standard InChI is InChI=1S/C8H12N2O3/c1-5(11)4-7(12)10-3-2-6(10)8(9)13/h6H,2-4H2,1H3,(H2,9,13). The molecular formula is C8H12N2O3. The predicted octanol–water partition coefficient (Wildman–Crippen LogP) is -0.948. The van der Waals surface area contributed by atoms with E-state index in [1.165, 1.54) is 11.8 Å². The second kappa shape index (κ2) is 3.55. The summed E-state index contributed by atoms with van der Waals surface area (Å²) in [7, 11) is 0. The summed E-state index contributed by atoms with van der Waals surface area (Å²) in [6.45, 7) is 1.87. The number of Topliss-reactive ketones (excluding diaryl/α,β-unsaturated/α-hetero) is 1. The van der Waals surface area contributed by atoms with Crippen LogP contribution in [-0.2, 0) is 14.4 Å². The van der Waals surface area contributed by atoms with Crippen LogP contribution in [0.1, 0.15) is 19.8 Å². The molecule has 5 heteroatoms. The van der Waals surface area contributed by atoms with Crippen molar-refractivity contribution in [3.05, 3.63) is 0 Å². The zero-order valence-corrected chi connectivity index (χ0v) is 7.45. The van der Waals surface area contributed by atoms with Crippen LogP contribution in [0.15, 0.2) is 0 Å². The minimum atomic E-state index is -0.497. The molecule has 1 aliphatic heterocycles. The summed E-state index contributed by atoms with van der Waals surface area (Å²) in [6.07, 6.45) is 0.475. The third kappa shape index (κ3) is 2.05. The van der Waals surface area contributed by atoms with Gasteiger partial charge in [0.25, 0.3) is 0 Å². The van der Waals surface area contributed by atoms with Crippen molar-refractivity contribution in [2.24, 2.45) is 5.73 Å². The molecule has 0 aromatic heterocycles. The van der Waals surface area contributed by atoms with E-state index in [1.54, 1.807) is 0 Å². The van der Waals surface area contributed by atoms with Crippen molar-refractivity contribution >= 4 is 17.6 Å². The van der Waals surface area contributed by atoms with E-state index >= 15 is 0 Å². The minimum absolute atomic E-state index is 0.135. The number of hydrogen-bond donors (Lipinski definition) is 1. The van der Waals surface area contributed by atoms with E-state index in [4.69, 9.17) is 5.73 Å². The fraction of sp³-hybridized carbons (Fsp3) is 0.625. The first-order valence-electron chi connectivity index (χ1n) is 4.10. The molecule has 0 bridgehead atoms. The van der Waals surface area contributed by atoms with Gasteiger partial charge in [0.15, 0.2) is 0 Å². The van der Waals surface area contributed by atoms with E-state index < -0.39 is 11.9 Å². The molecule has 0 spiro atoms. The van der Waals surface area contributed by atoms with Crippen LogP contribution in [-0.4, -0.2) is 35.1 Å². The maximum Gasteiger partial charge on any atom is 0.240 e. The molecule has 0 saturated carbocycles. The minimum Gasteiger partial charge on any atom is -0.368 e. The monoisotopic (exact) mass is 184 g/mol. The highest BCUT2D eigenvalue weighted by molar-refractivity contribution is 5.99. The van der Waals surface area contributed by atoms with Gasteiger partial charge in [-0.3, -0.25) is 14.4 Å². The largest absolute Gasteiger partial charge is 0.368 e. The van der Waals surface area contributed by atoms with Crippen molar-refractivity contribution in [3.63, 3.8) is 0 Å². The molecular weight excluding hydrogens is 172 g/mol. The van der Waals surface area contributed by atoms with Crippen LogP contribution in [0.2, 0.25) is 0 Å². The van der Waals surface area contributed by atoms with Gasteiger partial charge >= 0.3 is 0 Å². The van der Waals surface area contributed by atoms with E-state index in [0.717, 1.165) is 0 Å². The summed E-state index contributed by atoms with van der Waals surface area (Å²) in [5, 5.41) is 0. The van der Waals surface area contributed by atoms with Gasteiger partial charge in [0, 0.05) is 6.54 Å². The Bertz CT molecular complexity index is 262. The van der Waals surface area contributed by atoms with Crippen molar-refractivity contribution in [1.82, 2.24) is 4.90 Å². The molecule has 13 heavy (non-hydrogen) atoms. The number of carbonyl (C=O) groups is 3. The third-order valence-electron chi connectivity index (χ3n) is 2.07. The molecule has 1 unspecified atom stereocenters. The lowest BCUT2D eigenvalue weighted by Gasteiger charge is -2.38. The predicted molar refractivity (Wildman–Crippen MR) is 44.6 cm³/mol. The van der Waals surface area contributed by atoms with Gasteiger partial charge in [0.1, 0.15) is 11.8 Å². The first-order valence-corrected chi connectivity index (χ1v) is 4.10. The Kier molecular flexibility index (Phi) is 2.65. The lowest BCUT2D eigenvalue weighted by molar-refractivity contribution is -0.147. The van der Waals surface area contributed by atoms with Gasteiger partial charge in [0.2, 0.25) is 11.8 Å². The zero-order chi connectivity index (χ0) is 10.0. The fourth-order valence-corrected chi connectivity index (χ4v) is 1.30. The molecule has 0 radical (unpaired) electrons. The number of amides is 2. The summed E-state index contributed by atoms with van der Waals surface area (Å²) in [4.78, 5) is 33.9. The summed E-state index contributed by atoms with van der Waals surface area (Å²) < 4.78 is 0. The number of likely N-dealkylation sites (tertiary alicyclic amines) is 1. The van der Waals surface area contributed by atoms with Crippen LogP contribution in [0.25, 0.3) is 0 Å². The second-order valence-corrected chi connectivity index (χ2v) is 3.17. The smallest absolute Gasteiger partial charge is 0.240 e. The van der Waals surface area contributed by atoms with Crippen molar-refractivity contribution in [3.8, 4) is 0 Å². The average Bonchev–Trinajstić information content (AvgIpc) is 1.79. The Labute approximate surface area is 75.9 Å². The van der Waals surface area contributed by atoms with Crippen molar-refractivity contribution < 1.29 is 14.4 Å². The first-order chi connectivity index (χ1) is 6.02. The number of nitrogens with zero attached hydrogens (tertiary/aromatic N) is 1. The van der Waals surface area contributed by atoms with Crippen LogP contribution >= 0.6 is 0 Å². The maximum absolute atomic E-state index is 11.2. The topological polar surface area (TPSA) is 80.5 Å². The van der Waals surface area contributed by atoms with Gasteiger partial charge in [-0.25, -0.2) is 0 Å². The van der Waals surface area contributed by atoms with E-state index in [2.05, 4.69) is 0 Å². The molecule has 0 aromatic carbocycles. The molecule has 1 fully saturated rings. The molecule has 1 rings (SSSR count). The summed E-state index contributed by atoms with van der Waals surface area (Å²) >= 11 is 0.